The summed E-state index contributed by atoms with van der Waals surface area (Å²) >= 11 is 0.966. The summed E-state index contributed by atoms with van der Waals surface area (Å²) in [4.78, 5) is 30.9. The Bertz CT molecular complexity index is 854. The number of piperazine rings is 1. The van der Waals surface area contributed by atoms with Crippen molar-refractivity contribution in [1.82, 2.24) is 9.80 Å². The Labute approximate surface area is 176 Å². The molecule has 0 amide bonds. The van der Waals surface area contributed by atoms with E-state index in [2.05, 4.69) is 23.7 Å². The summed E-state index contributed by atoms with van der Waals surface area (Å²) < 4.78 is 39.6. The molecule has 11 heteroatoms. The Kier molecular flexibility index (Phi) is 6.71. The van der Waals surface area contributed by atoms with E-state index in [0.29, 0.717) is 36.5 Å². The maximum Gasteiger partial charge on any atom is 0.416 e. The molecule has 30 heavy (non-hydrogen) atoms. The fourth-order valence-corrected chi connectivity index (χ4v) is 4.71. The Hall–Kier alpha value is -2.14. The van der Waals surface area contributed by atoms with Crippen LogP contribution in [0.3, 0.4) is 0 Å². The molecule has 1 saturated heterocycles. The first kappa shape index (κ1) is 22.5. The van der Waals surface area contributed by atoms with Crippen molar-refractivity contribution in [2.75, 3.05) is 32.7 Å². The highest BCUT2D eigenvalue weighted by Gasteiger charge is 2.38. The number of aliphatic imine (C=N–C) groups is 1. The van der Waals surface area contributed by atoms with E-state index in [9.17, 15) is 28.1 Å². The number of amidine groups is 1. The number of alkyl halides is 3. The minimum absolute atomic E-state index is 0.0529. The van der Waals surface area contributed by atoms with Crippen molar-refractivity contribution in [1.29, 1.82) is 0 Å². The zero-order chi connectivity index (χ0) is 22.1. The lowest BCUT2D eigenvalue weighted by Crippen LogP contribution is -2.49. The highest BCUT2D eigenvalue weighted by molar-refractivity contribution is 8.14. The summed E-state index contributed by atoms with van der Waals surface area (Å²) in [5.41, 5.74) is -1.88. The molecule has 1 fully saturated rings. The molecule has 164 valence electrons. The number of rotatable bonds is 5. The van der Waals surface area contributed by atoms with Crippen molar-refractivity contribution < 1.29 is 22.9 Å². The third-order valence-electron chi connectivity index (χ3n) is 5.42. The Morgan fingerprint density at radius 1 is 1.33 bits per heavy atom. The van der Waals surface area contributed by atoms with Crippen LogP contribution in [0.15, 0.2) is 22.0 Å². The SMILES string of the molecule is CCC(C)CN1CCN(C2=NC(C=O)c3cc(C(F)(F)F)cc([N+](=O)[O-])c3S2)CC1. The van der Waals surface area contributed by atoms with Crippen LogP contribution in [0.1, 0.15) is 37.4 Å². The highest BCUT2D eigenvalue weighted by atomic mass is 32.2. The van der Waals surface area contributed by atoms with Crippen LogP contribution in [0, 0.1) is 16.0 Å². The standard InChI is InChI=1S/C19H23F3N4O3S/c1-3-12(2)10-24-4-6-25(7-5-24)18-23-15(11-27)14-8-13(19(20,21)22)9-16(26(28)29)17(14)30-18/h8-9,11-12,15H,3-7,10H2,1-2H3. The van der Waals surface area contributed by atoms with Gasteiger partial charge in [0.2, 0.25) is 0 Å². The Morgan fingerprint density at radius 2 is 2.00 bits per heavy atom. The molecule has 2 aliphatic rings. The zero-order valence-electron chi connectivity index (χ0n) is 16.7. The lowest BCUT2D eigenvalue weighted by Gasteiger charge is -2.38. The number of fused-ring (bicyclic) bond motifs is 1. The Morgan fingerprint density at radius 3 is 2.53 bits per heavy atom. The van der Waals surface area contributed by atoms with Gasteiger partial charge in [-0.3, -0.25) is 15.0 Å². The number of benzene rings is 1. The predicted octanol–water partition coefficient (Wildman–Crippen LogP) is 3.98. The number of carbonyl (C=O) groups excluding carboxylic acids is 1. The average molecular weight is 444 g/mol. The van der Waals surface area contributed by atoms with Crippen molar-refractivity contribution >= 4 is 28.9 Å². The van der Waals surface area contributed by atoms with Gasteiger partial charge in [0.25, 0.3) is 5.69 Å². The molecular weight excluding hydrogens is 421 g/mol. The van der Waals surface area contributed by atoms with Gasteiger partial charge in [-0.2, -0.15) is 13.2 Å². The smallest absolute Gasteiger partial charge is 0.349 e. The monoisotopic (exact) mass is 444 g/mol. The van der Waals surface area contributed by atoms with Gasteiger partial charge in [0, 0.05) is 44.4 Å². The maximum absolute atomic E-state index is 13.2. The van der Waals surface area contributed by atoms with Gasteiger partial charge in [0.05, 0.1) is 15.4 Å². The Balaban J connectivity index is 1.86. The van der Waals surface area contributed by atoms with Gasteiger partial charge in [-0.25, -0.2) is 4.99 Å². The number of aldehydes is 1. The molecule has 2 atom stereocenters. The number of thioether (sulfide) groups is 1. The molecule has 0 bridgehead atoms. The number of hydrogen-bond acceptors (Lipinski definition) is 7. The fraction of sp³-hybridized carbons (Fsp3) is 0.579. The molecule has 3 rings (SSSR count). The van der Waals surface area contributed by atoms with Crippen LogP contribution in [0.2, 0.25) is 0 Å². The third kappa shape index (κ3) is 4.77. The van der Waals surface area contributed by atoms with E-state index >= 15 is 0 Å². The molecule has 2 heterocycles. The fourth-order valence-electron chi connectivity index (χ4n) is 3.51. The van der Waals surface area contributed by atoms with Crippen molar-refractivity contribution in [2.24, 2.45) is 10.9 Å². The summed E-state index contributed by atoms with van der Waals surface area (Å²) in [7, 11) is 0. The molecule has 7 nitrogen and oxygen atoms in total. The van der Waals surface area contributed by atoms with Crippen LogP contribution in [0.25, 0.3) is 0 Å². The van der Waals surface area contributed by atoms with Gasteiger partial charge in [0.15, 0.2) is 5.17 Å². The molecular formula is C19H23F3N4O3S. The van der Waals surface area contributed by atoms with Gasteiger partial charge in [-0.1, -0.05) is 20.3 Å². The largest absolute Gasteiger partial charge is 0.416 e. The van der Waals surface area contributed by atoms with Crippen LogP contribution in [-0.2, 0) is 11.0 Å². The predicted molar refractivity (Wildman–Crippen MR) is 108 cm³/mol. The van der Waals surface area contributed by atoms with Crippen LogP contribution in [0.5, 0.6) is 0 Å². The lowest BCUT2D eigenvalue weighted by atomic mass is 10.0. The second kappa shape index (κ2) is 8.93. The lowest BCUT2D eigenvalue weighted by molar-refractivity contribution is -0.388. The number of nitrogens with zero attached hydrogens (tertiary/aromatic N) is 4. The van der Waals surface area contributed by atoms with E-state index in [1.807, 2.05) is 4.90 Å². The first-order valence-corrected chi connectivity index (χ1v) is 10.5. The zero-order valence-corrected chi connectivity index (χ0v) is 17.5. The topological polar surface area (TPSA) is 79.0 Å². The minimum atomic E-state index is -4.76. The summed E-state index contributed by atoms with van der Waals surface area (Å²) in [6.07, 6.45) is -3.24. The number of halogens is 3. The van der Waals surface area contributed by atoms with Crippen LogP contribution < -0.4 is 0 Å². The van der Waals surface area contributed by atoms with Gasteiger partial charge >= 0.3 is 6.18 Å². The molecule has 1 aromatic rings. The second-order valence-electron chi connectivity index (χ2n) is 7.56. The normalized spacial score (nSPS) is 21.0. The third-order valence-corrected chi connectivity index (χ3v) is 6.62. The van der Waals surface area contributed by atoms with Gasteiger partial charge in [-0.15, -0.1) is 0 Å². The van der Waals surface area contributed by atoms with E-state index in [4.69, 9.17) is 0 Å². The number of nitro groups is 1. The van der Waals surface area contributed by atoms with Gasteiger partial charge in [-0.05, 0) is 23.7 Å². The van der Waals surface area contributed by atoms with E-state index in [0.717, 1.165) is 43.9 Å². The number of carbonyl (C=O) groups is 1. The molecule has 0 radical (unpaired) electrons. The molecule has 2 aliphatic heterocycles. The number of nitro benzene ring substituents is 1. The summed E-state index contributed by atoms with van der Waals surface area (Å²) in [6.45, 7) is 8.16. The van der Waals surface area contributed by atoms with Crippen molar-refractivity contribution in [3.05, 3.63) is 33.4 Å². The van der Waals surface area contributed by atoms with Gasteiger partial charge in [0.1, 0.15) is 12.3 Å². The van der Waals surface area contributed by atoms with E-state index < -0.39 is 28.4 Å². The molecule has 0 saturated carbocycles. The first-order chi connectivity index (χ1) is 14.1. The number of hydrogen-bond donors (Lipinski definition) is 0. The van der Waals surface area contributed by atoms with Crippen LogP contribution in [-0.4, -0.2) is 58.9 Å². The molecule has 0 N–H and O–H groups in total. The molecule has 0 aliphatic carbocycles. The molecule has 1 aromatic carbocycles. The van der Waals surface area contributed by atoms with E-state index in [1.54, 1.807) is 0 Å². The maximum atomic E-state index is 13.2. The van der Waals surface area contributed by atoms with E-state index in [1.165, 1.54) is 0 Å². The summed E-state index contributed by atoms with van der Waals surface area (Å²) in [5, 5.41) is 11.9. The summed E-state index contributed by atoms with van der Waals surface area (Å²) in [5.74, 6) is 0.578. The van der Waals surface area contributed by atoms with Crippen molar-refractivity contribution in [3.63, 3.8) is 0 Å². The van der Waals surface area contributed by atoms with Crippen LogP contribution >= 0.6 is 11.8 Å². The van der Waals surface area contributed by atoms with Crippen molar-refractivity contribution in [2.45, 2.75) is 37.4 Å². The molecule has 2 unspecified atom stereocenters. The first-order valence-electron chi connectivity index (χ1n) is 9.71. The van der Waals surface area contributed by atoms with E-state index in [-0.39, 0.29) is 10.5 Å². The van der Waals surface area contributed by atoms with Gasteiger partial charge < -0.3 is 9.69 Å². The van der Waals surface area contributed by atoms with Crippen molar-refractivity contribution in [3.8, 4) is 0 Å². The molecule has 0 aromatic heterocycles. The second-order valence-corrected chi connectivity index (χ2v) is 8.54. The average Bonchev–Trinajstić information content (AvgIpc) is 2.71. The summed E-state index contributed by atoms with van der Waals surface area (Å²) in [6, 6.07) is 0.120. The van der Waals surface area contributed by atoms with Crippen LogP contribution in [0.4, 0.5) is 18.9 Å². The minimum Gasteiger partial charge on any atom is -0.349 e. The molecule has 0 spiro atoms. The highest BCUT2D eigenvalue weighted by Crippen LogP contribution is 2.45. The quantitative estimate of drug-likeness (QED) is 0.388.